The Balaban J connectivity index is 2.05. The lowest BCUT2D eigenvalue weighted by Crippen LogP contribution is -2.50. The third kappa shape index (κ3) is 3.39. The second-order valence-electron chi connectivity index (χ2n) is 5.20. The number of hydrogen-bond acceptors (Lipinski definition) is 3. The van der Waals surface area contributed by atoms with Crippen molar-refractivity contribution in [2.45, 2.75) is 19.9 Å². The van der Waals surface area contributed by atoms with Crippen LogP contribution in [0.4, 0.5) is 5.69 Å². The molecule has 2 rings (SSSR count). The van der Waals surface area contributed by atoms with Gasteiger partial charge >= 0.3 is 0 Å². The highest BCUT2D eigenvalue weighted by atomic mass is 35.5. The predicted molar refractivity (Wildman–Crippen MR) is 78.5 cm³/mol. The van der Waals surface area contributed by atoms with Gasteiger partial charge in [-0.15, -0.1) is 0 Å². The van der Waals surface area contributed by atoms with Gasteiger partial charge < -0.3 is 10.6 Å². The number of carbonyl (C=O) groups is 1. The van der Waals surface area contributed by atoms with Crippen molar-refractivity contribution in [3.63, 3.8) is 0 Å². The Hall–Kier alpha value is -1.26. The number of carbonyl (C=O) groups excluding carboxylic acids is 1. The van der Waals surface area contributed by atoms with Crippen LogP contribution in [0.2, 0.25) is 5.02 Å². The van der Waals surface area contributed by atoms with E-state index in [0.717, 1.165) is 26.2 Å². The molecule has 1 saturated heterocycles. The summed E-state index contributed by atoms with van der Waals surface area (Å²) in [5.74, 6) is 0.0117. The topological polar surface area (TPSA) is 49.6 Å². The molecule has 4 nitrogen and oxygen atoms in total. The Morgan fingerprint density at radius 3 is 2.37 bits per heavy atom. The highest BCUT2D eigenvalue weighted by molar-refractivity contribution is 6.31. The van der Waals surface area contributed by atoms with Crippen LogP contribution < -0.4 is 5.73 Å². The summed E-state index contributed by atoms with van der Waals surface area (Å²) in [6, 6.07) is 5.53. The summed E-state index contributed by atoms with van der Waals surface area (Å²) in [6.07, 6.45) is 0. The number of nitrogen functional groups attached to an aromatic ring is 1. The van der Waals surface area contributed by atoms with Gasteiger partial charge in [0.15, 0.2) is 0 Å². The van der Waals surface area contributed by atoms with Gasteiger partial charge in [-0.1, -0.05) is 11.6 Å². The molecule has 0 saturated carbocycles. The van der Waals surface area contributed by atoms with E-state index < -0.39 is 0 Å². The second-order valence-corrected chi connectivity index (χ2v) is 5.63. The van der Waals surface area contributed by atoms with E-state index in [1.165, 1.54) is 0 Å². The second kappa shape index (κ2) is 5.80. The Bertz CT molecular complexity index is 448. The number of anilines is 1. The Morgan fingerprint density at radius 2 is 1.84 bits per heavy atom. The van der Waals surface area contributed by atoms with Gasteiger partial charge in [-0.05, 0) is 32.0 Å². The molecular formula is C14H20ClN3O. The lowest BCUT2D eigenvalue weighted by molar-refractivity contribution is 0.0595. The summed E-state index contributed by atoms with van der Waals surface area (Å²) in [7, 11) is 0. The molecule has 1 heterocycles. The van der Waals surface area contributed by atoms with Crippen LogP contribution in [0.25, 0.3) is 0 Å². The van der Waals surface area contributed by atoms with Crippen LogP contribution in [0.15, 0.2) is 18.2 Å². The summed E-state index contributed by atoms with van der Waals surface area (Å²) < 4.78 is 0. The number of halogens is 1. The molecule has 104 valence electrons. The van der Waals surface area contributed by atoms with Crippen molar-refractivity contribution in [2.75, 3.05) is 31.9 Å². The van der Waals surface area contributed by atoms with Crippen molar-refractivity contribution in [1.82, 2.24) is 9.80 Å². The van der Waals surface area contributed by atoms with E-state index in [1.807, 2.05) is 4.90 Å². The van der Waals surface area contributed by atoms with E-state index in [-0.39, 0.29) is 5.91 Å². The zero-order valence-electron chi connectivity index (χ0n) is 11.4. The van der Waals surface area contributed by atoms with Crippen molar-refractivity contribution in [1.29, 1.82) is 0 Å². The number of amides is 1. The lowest BCUT2D eigenvalue weighted by atomic mass is 10.1. The van der Waals surface area contributed by atoms with E-state index >= 15 is 0 Å². The largest absolute Gasteiger partial charge is 0.399 e. The molecule has 1 aliphatic heterocycles. The molecule has 0 aromatic heterocycles. The fourth-order valence-electron chi connectivity index (χ4n) is 2.36. The van der Waals surface area contributed by atoms with Gasteiger partial charge in [-0.25, -0.2) is 0 Å². The molecule has 0 spiro atoms. The summed E-state index contributed by atoms with van der Waals surface area (Å²) in [6.45, 7) is 7.69. The molecule has 1 aromatic rings. The minimum atomic E-state index is 0.0117. The summed E-state index contributed by atoms with van der Waals surface area (Å²) in [5.41, 5.74) is 6.82. The first-order valence-corrected chi connectivity index (χ1v) is 6.94. The molecular weight excluding hydrogens is 262 g/mol. The smallest absolute Gasteiger partial charge is 0.254 e. The van der Waals surface area contributed by atoms with Crippen LogP contribution >= 0.6 is 11.6 Å². The number of benzene rings is 1. The van der Waals surface area contributed by atoms with Gasteiger partial charge in [0, 0.05) is 48.5 Å². The monoisotopic (exact) mass is 281 g/mol. The first-order chi connectivity index (χ1) is 8.97. The molecule has 0 bridgehead atoms. The standard InChI is InChI=1S/C14H20ClN3O/c1-10(2)17-3-5-18(6-4-17)14(19)11-7-12(15)9-13(16)8-11/h7-10H,3-6,16H2,1-2H3. The van der Waals surface area contributed by atoms with Gasteiger partial charge in [0.2, 0.25) is 0 Å². The highest BCUT2D eigenvalue weighted by Crippen LogP contribution is 2.19. The molecule has 1 aromatic carbocycles. The quantitative estimate of drug-likeness (QED) is 0.845. The van der Waals surface area contributed by atoms with Crippen molar-refractivity contribution in [3.05, 3.63) is 28.8 Å². The number of hydrogen-bond donors (Lipinski definition) is 1. The van der Waals surface area contributed by atoms with Crippen molar-refractivity contribution >= 4 is 23.2 Å². The van der Waals surface area contributed by atoms with Gasteiger partial charge in [-0.3, -0.25) is 9.69 Å². The van der Waals surface area contributed by atoms with Gasteiger partial charge in [0.05, 0.1) is 0 Å². The Morgan fingerprint density at radius 1 is 1.21 bits per heavy atom. The van der Waals surface area contributed by atoms with Crippen LogP contribution in [0.3, 0.4) is 0 Å². The van der Waals surface area contributed by atoms with Crippen molar-refractivity contribution < 1.29 is 4.79 Å². The highest BCUT2D eigenvalue weighted by Gasteiger charge is 2.23. The number of piperazine rings is 1. The normalized spacial score (nSPS) is 16.9. The number of nitrogens with two attached hydrogens (primary N) is 1. The molecule has 2 N–H and O–H groups in total. The lowest BCUT2D eigenvalue weighted by Gasteiger charge is -2.37. The SMILES string of the molecule is CC(C)N1CCN(C(=O)c2cc(N)cc(Cl)c2)CC1. The fourth-order valence-corrected chi connectivity index (χ4v) is 2.60. The molecule has 19 heavy (non-hydrogen) atoms. The van der Waals surface area contributed by atoms with Gasteiger partial charge in [0.1, 0.15) is 0 Å². The minimum Gasteiger partial charge on any atom is -0.399 e. The first kappa shape index (κ1) is 14.2. The van der Waals surface area contributed by atoms with E-state index in [0.29, 0.717) is 22.3 Å². The van der Waals surface area contributed by atoms with Crippen LogP contribution in [-0.4, -0.2) is 47.9 Å². The number of nitrogens with zero attached hydrogens (tertiary/aromatic N) is 2. The van der Waals surface area contributed by atoms with Gasteiger partial charge in [-0.2, -0.15) is 0 Å². The number of rotatable bonds is 2. The third-order valence-corrected chi connectivity index (χ3v) is 3.72. The molecule has 1 aliphatic rings. The summed E-state index contributed by atoms with van der Waals surface area (Å²) in [4.78, 5) is 16.6. The van der Waals surface area contributed by atoms with E-state index in [9.17, 15) is 4.79 Å². The minimum absolute atomic E-state index is 0.0117. The zero-order chi connectivity index (χ0) is 14.0. The van der Waals surface area contributed by atoms with E-state index in [4.69, 9.17) is 17.3 Å². The Labute approximate surface area is 119 Å². The average Bonchev–Trinajstić information content (AvgIpc) is 2.37. The van der Waals surface area contributed by atoms with Crippen molar-refractivity contribution in [3.8, 4) is 0 Å². The van der Waals surface area contributed by atoms with Crippen molar-refractivity contribution in [2.24, 2.45) is 0 Å². The van der Waals surface area contributed by atoms with Crippen LogP contribution in [0.1, 0.15) is 24.2 Å². The fraction of sp³-hybridized carbons (Fsp3) is 0.500. The maximum absolute atomic E-state index is 12.4. The maximum atomic E-state index is 12.4. The maximum Gasteiger partial charge on any atom is 0.254 e. The zero-order valence-corrected chi connectivity index (χ0v) is 12.2. The van der Waals surface area contributed by atoms with Crippen LogP contribution in [0.5, 0.6) is 0 Å². The predicted octanol–water partition coefficient (Wildman–Crippen LogP) is 2.09. The summed E-state index contributed by atoms with van der Waals surface area (Å²) in [5, 5.41) is 0.504. The molecule has 0 radical (unpaired) electrons. The average molecular weight is 282 g/mol. The molecule has 5 heteroatoms. The molecule has 1 fully saturated rings. The Kier molecular flexibility index (Phi) is 4.32. The van der Waals surface area contributed by atoms with E-state index in [2.05, 4.69) is 18.7 Å². The first-order valence-electron chi connectivity index (χ1n) is 6.57. The molecule has 0 atom stereocenters. The van der Waals surface area contributed by atoms with E-state index in [1.54, 1.807) is 18.2 Å². The molecule has 1 amide bonds. The summed E-state index contributed by atoms with van der Waals surface area (Å²) >= 11 is 5.94. The van der Waals surface area contributed by atoms with Gasteiger partial charge in [0.25, 0.3) is 5.91 Å². The van der Waals surface area contributed by atoms with Crippen LogP contribution in [-0.2, 0) is 0 Å². The molecule has 0 unspecified atom stereocenters. The molecule has 0 aliphatic carbocycles. The van der Waals surface area contributed by atoms with Crippen LogP contribution in [0, 0.1) is 0 Å². The third-order valence-electron chi connectivity index (χ3n) is 3.50.